The van der Waals surface area contributed by atoms with E-state index in [-0.39, 0.29) is 18.4 Å². The predicted molar refractivity (Wildman–Crippen MR) is 122 cm³/mol. The Hall–Kier alpha value is -2.95. The predicted octanol–water partition coefficient (Wildman–Crippen LogP) is 5.20. The Labute approximate surface area is 199 Å². The van der Waals surface area contributed by atoms with Gasteiger partial charge in [-0.3, -0.25) is 4.57 Å². The van der Waals surface area contributed by atoms with Crippen LogP contribution in [0.1, 0.15) is 24.7 Å². The van der Waals surface area contributed by atoms with Crippen LogP contribution in [0.2, 0.25) is 5.02 Å². The second kappa shape index (κ2) is 10.8. The number of thioether (sulfide) groups is 1. The zero-order chi connectivity index (χ0) is 23.2. The molecule has 33 heavy (non-hydrogen) atoms. The maximum atomic E-state index is 13.9. The van der Waals surface area contributed by atoms with Crippen LogP contribution in [-0.2, 0) is 17.1 Å². The fourth-order valence-electron chi connectivity index (χ4n) is 3.15. The standard InChI is InChI=1S/C22H21ClFN5O3S/c1-14(11-30-2)29-19(12-31-18-9-4-3-8-17(18)24)26-27-22(29)33-13-20-25-21(28-32-20)15-6-5-7-16(23)10-15/h3-10,14H,11-13H2,1-2H3. The van der Waals surface area contributed by atoms with Gasteiger partial charge in [0.15, 0.2) is 22.5 Å². The summed E-state index contributed by atoms with van der Waals surface area (Å²) >= 11 is 7.44. The second-order valence-corrected chi connectivity index (χ2v) is 8.48. The molecular formula is C22H21ClFN5O3S. The van der Waals surface area contributed by atoms with Gasteiger partial charge < -0.3 is 14.0 Å². The van der Waals surface area contributed by atoms with Crippen molar-refractivity contribution in [3.8, 4) is 17.1 Å². The summed E-state index contributed by atoms with van der Waals surface area (Å²) in [4.78, 5) is 4.43. The highest BCUT2D eigenvalue weighted by Gasteiger charge is 2.20. The van der Waals surface area contributed by atoms with Crippen LogP contribution in [0.5, 0.6) is 5.75 Å². The fourth-order valence-corrected chi connectivity index (χ4v) is 4.23. The van der Waals surface area contributed by atoms with Crippen molar-refractivity contribution in [3.63, 3.8) is 0 Å². The Balaban J connectivity index is 1.48. The lowest BCUT2D eigenvalue weighted by atomic mass is 10.2. The zero-order valence-corrected chi connectivity index (χ0v) is 19.5. The summed E-state index contributed by atoms with van der Waals surface area (Å²) in [6, 6.07) is 13.4. The van der Waals surface area contributed by atoms with Crippen molar-refractivity contribution in [1.82, 2.24) is 24.9 Å². The normalized spacial score (nSPS) is 12.1. The molecule has 0 saturated carbocycles. The van der Waals surface area contributed by atoms with Gasteiger partial charge in [0.25, 0.3) is 0 Å². The van der Waals surface area contributed by atoms with E-state index in [2.05, 4.69) is 20.3 Å². The molecule has 4 aromatic rings. The minimum atomic E-state index is -0.435. The van der Waals surface area contributed by atoms with Gasteiger partial charge in [-0.1, -0.05) is 52.8 Å². The summed E-state index contributed by atoms with van der Waals surface area (Å²) in [6.07, 6.45) is 0. The van der Waals surface area contributed by atoms with Crippen molar-refractivity contribution < 1.29 is 18.4 Å². The largest absolute Gasteiger partial charge is 0.483 e. The number of hydrogen-bond donors (Lipinski definition) is 0. The molecule has 0 fully saturated rings. The smallest absolute Gasteiger partial charge is 0.237 e. The number of halogens is 2. The van der Waals surface area contributed by atoms with Gasteiger partial charge in [-0.15, -0.1) is 10.2 Å². The minimum Gasteiger partial charge on any atom is -0.483 e. The maximum Gasteiger partial charge on any atom is 0.237 e. The Bertz CT molecular complexity index is 1220. The van der Waals surface area contributed by atoms with Crippen LogP contribution >= 0.6 is 23.4 Å². The third-order valence-corrected chi connectivity index (χ3v) is 5.82. The van der Waals surface area contributed by atoms with E-state index >= 15 is 0 Å². The second-order valence-electron chi connectivity index (χ2n) is 7.10. The van der Waals surface area contributed by atoms with E-state index in [1.54, 1.807) is 37.4 Å². The molecule has 0 aliphatic rings. The third kappa shape index (κ3) is 5.70. The highest BCUT2D eigenvalue weighted by molar-refractivity contribution is 7.98. The zero-order valence-electron chi connectivity index (χ0n) is 17.9. The Morgan fingerprint density at radius 1 is 1.18 bits per heavy atom. The molecule has 0 amide bonds. The van der Waals surface area contributed by atoms with Crippen LogP contribution in [0.15, 0.2) is 58.2 Å². The van der Waals surface area contributed by atoms with Crippen molar-refractivity contribution in [2.75, 3.05) is 13.7 Å². The molecule has 0 aliphatic heterocycles. The van der Waals surface area contributed by atoms with Gasteiger partial charge in [0.1, 0.15) is 6.61 Å². The van der Waals surface area contributed by atoms with Crippen molar-refractivity contribution in [1.29, 1.82) is 0 Å². The van der Waals surface area contributed by atoms with E-state index in [4.69, 9.17) is 25.6 Å². The minimum absolute atomic E-state index is 0.0576. The number of benzene rings is 2. The SMILES string of the molecule is COCC(C)n1c(COc2ccccc2F)nnc1SCc1nc(-c2cccc(Cl)c2)no1. The summed E-state index contributed by atoms with van der Waals surface area (Å²) in [5.74, 6) is 1.56. The molecule has 0 bridgehead atoms. The van der Waals surface area contributed by atoms with Gasteiger partial charge in [0.05, 0.1) is 18.4 Å². The first-order chi connectivity index (χ1) is 16.0. The number of rotatable bonds is 10. The molecule has 0 radical (unpaired) electrons. The van der Waals surface area contributed by atoms with Crippen molar-refractivity contribution >= 4 is 23.4 Å². The Kier molecular flexibility index (Phi) is 7.58. The molecule has 2 heterocycles. The molecule has 8 nitrogen and oxygen atoms in total. The number of para-hydroxylation sites is 1. The average Bonchev–Trinajstić information content (AvgIpc) is 3.44. The lowest BCUT2D eigenvalue weighted by Crippen LogP contribution is -2.16. The van der Waals surface area contributed by atoms with Crippen LogP contribution < -0.4 is 4.74 Å². The number of ether oxygens (including phenoxy) is 2. The summed E-state index contributed by atoms with van der Waals surface area (Å²) in [5.41, 5.74) is 0.770. The molecule has 0 spiro atoms. The highest BCUT2D eigenvalue weighted by Crippen LogP contribution is 2.27. The highest BCUT2D eigenvalue weighted by atomic mass is 35.5. The van der Waals surface area contributed by atoms with Crippen LogP contribution in [0.25, 0.3) is 11.4 Å². The van der Waals surface area contributed by atoms with E-state index in [0.717, 1.165) is 5.56 Å². The van der Waals surface area contributed by atoms with Gasteiger partial charge in [0, 0.05) is 17.7 Å². The lowest BCUT2D eigenvalue weighted by molar-refractivity contribution is 0.154. The molecule has 0 N–H and O–H groups in total. The van der Waals surface area contributed by atoms with Crippen LogP contribution in [0.3, 0.4) is 0 Å². The van der Waals surface area contributed by atoms with E-state index in [1.165, 1.54) is 17.8 Å². The van der Waals surface area contributed by atoms with Crippen molar-refractivity contribution in [2.45, 2.75) is 30.5 Å². The molecule has 4 rings (SSSR count). The van der Waals surface area contributed by atoms with Crippen LogP contribution in [0.4, 0.5) is 4.39 Å². The molecule has 0 aliphatic carbocycles. The van der Waals surface area contributed by atoms with Gasteiger partial charge in [-0.2, -0.15) is 4.98 Å². The third-order valence-electron chi connectivity index (χ3n) is 4.65. The number of aromatic nitrogens is 5. The summed E-state index contributed by atoms with van der Waals surface area (Å²) in [7, 11) is 1.62. The monoisotopic (exact) mass is 489 g/mol. The average molecular weight is 490 g/mol. The van der Waals surface area contributed by atoms with Gasteiger partial charge in [-0.05, 0) is 31.2 Å². The number of nitrogens with zero attached hydrogens (tertiary/aromatic N) is 5. The Morgan fingerprint density at radius 3 is 2.82 bits per heavy atom. The first-order valence-corrected chi connectivity index (χ1v) is 11.4. The number of hydrogen-bond acceptors (Lipinski definition) is 8. The van der Waals surface area contributed by atoms with E-state index < -0.39 is 5.82 Å². The molecule has 172 valence electrons. The van der Waals surface area contributed by atoms with Gasteiger partial charge in [-0.25, -0.2) is 4.39 Å². The molecule has 2 aromatic carbocycles. The van der Waals surface area contributed by atoms with Gasteiger partial charge >= 0.3 is 0 Å². The maximum absolute atomic E-state index is 13.9. The van der Waals surface area contributed by atoms with E-state index in [0.29, 0.717) is 40.1 Å². The van der Waals surface area contributed by atoms with Crippen LogP contribution in [0, 0.1) is 5.82 Å². The van der Waals surface area contributed by atoms with E-state index in [9.17, 15) is 4.39 Å². The molecule has 0 saturated heterocycles. The summed E-state index contributed by atoms with van der Waals surface area (Å²) < 4.78 is 32.1. The van der Waals surface area contributed by atoms with Crippen molar-refractivity contribution in [3.05, 3.63) is 71.1 Å². The number of methoxy groups -OCH3 is 1. The molecule has 2 aromatic heterocycles. The quantitative estimate of drug-likeness (QED) is 0.281. The molecular weight excluding hydrogens is 469 g/mol. The molecule has 1 unspecified atom stereocenters. The van der Waals surface area contributed by atoms with Crippen LogP contribution in [-0.4, -0.2) is 38.6 Å². The Morgan fingerprint density at radius 2 is 2.03 bits per heavy atom. The summed E-state index contributed by atoms with van der Waals surface area (Å²) in [5, 5.41) is 13.8. The first kappa shape index (κ1) is 23.2. The first-order valence-electron chi connectivity index (χ1n) is 10.1. The molecule has 1 atom stereocenters. The lowest BCUT2D eigenvalue weighted by Gasteiger charge is -2.17. The van der Waals surface area contributed by atoms with Gasteiger partial charge in [0.2, 0.25) is 11.7 Å². The fraction of sp³-hybridized carbons (Fsp3) is 0.273. The van der Waals surface area contributed by atoms with E-state index in [1.807, 2.05) is 23.6 Å². The topological polar surface area (TPSA) is 88.1 Å². The molecule has 11 heteroatoms. The van der Waals surface area contributed by atoms with Crippen molar-refractivity contribution in [2.24, 2.45) is 0 Å². The summed E-state index contributed by atoms with van der Waals surface area (Å²) in [6.45, 7) is 2.48.